The number of nitrogens with two attached hydrogens (primary N) is 1. The highest BCUT2D eigenvalue weighted by atomic mass is 35.5. The standard InChI is InChI=1S/C10H11Cl2N5OS/c1-19(18)3-2-17-10(14-15-16-17)7-4-6(13)5-8(11)9(7)12/h4-5H,2-3,13H2,1H3. The van der Waals surface area contributed by atoms with Crippen LogP contribution in [0.25, 0.3) is 11.4 Å². The molecule has 102 valence electrons. The molecule has 19 heavy (non-hydrogen) atoms. The summed E-state index contributed by atoms with van der Waals surface area (Å²) in [6, 6.07) is 3.21. The first-order valence-electron chi connectivity index (χ1n) is 5.30. The van der Waals surface area contributed by atoms with Gasteiger partial charge in [-0.15, -0.1) is 5.10 Å². The molecule has 0 aliphatic carbocycles. The molecular formula is C10H11Cl2N5OS. The molecule has 9 heteroatoms. The highest BCUT2D eigenvalue weighted by Gasteiger charge is 2.15. The third kappa shape index (κ3) is 3.23. The molecule has 1 aromatic carbocycles. The van der Waals surface area contributed by atoms with Gasteiger partial charge in [-0.2, -0.15) is 0 Å². The van der Waals surface area contributed by atoms with Crippen molar-refractivity contribution < 1.29 is 4.21 Å². The summed E-state index contributed by atoms with van der Waals surface area (Å²) < 4.78 is 12.7. The second kappa shape index (κ2) is 5.85. The van der Waals surface area contributed by atoms with E-state index in [0.29, 0.717) is 39.4 Å². The summed E-state index contributed by atoms with van der Waals surface area (Å²) in [7, 11) is -0.929. The SMILES string of the molecule is CS(=O)CCn1nnnc1-c1cc(N)cc(Cl)c1Cl. The van der Waals surface area contributed by atoms with Gasteiger partial charge in [0.05, 0.1) is 16.6 Å². The summed E-state index contributed by atoms with van der Waals surface area (Å²) in [5.74, 6) is 0.899. The quantitative estimate of drug-likeness (QED) is 0.865. The van der Waals surface area contributed by atoms with Gasteiger partial charge in [0.15, 0.2) is 5.82 Å². The molecule has 2 aromatic rings. The van der Waals surface area contributed by atoms with Crippen LogP contribution in [0.4, 0.5) is 5.69 Å². The molecule has 0 spiro atoms. The number of aryl methyl sites for hydroxylation is 1. The van der Waals surface area contributed by atoms with E-state index in [1.807, 2.05) is 0 Å². The molecule has 1 unspecified atom stereocenters. The maximum atomic E-state index is 11.1. The number of tetrazole rings is 1. The van der Waals surface area contributed by atoms with Crippen molar-refractivity contribution in [2.24, 2.45) is 0 Å². The second-order valence-electron chi connectivity index (χ2n) is 3.87. The Labute approximate surface area is 122 Å². The van der Waals surface area contributed by atoms with E-state index in [2.05, 4.69) is 15.5 Å². The summed E-state index contributed by atoms with van der Waals surface area (Å²) in [4.78, 5) is 0. The molecule has 0 aliphatic rings. The topological polar surface area (TPSA) is 86.7 Å². The lowest BCUT2D eigenvalue weighted by Crippen LogP contribution is -2.10. The summed E-state index contributed by atoms with van der Waals surface area (Å²) >= 11 is 12.1. The Morgan fingerprint density at radius 3 is 2.84 bits per heavy atom. The van der Waals surface area contributed by atoms with Crippen molar-refractivity contribution in [2.75, 3.05) is 17.7 Å². The molecule has 0 radical (unpaired) electrons. The minimum Gasteiger partial charge on any atom is -0.399 e. The zero-order valence-corrected chi connectivity index (χ0v) is 12.3. The number of nitrogens with zero attached hydrogens (tertiary/aromatic N) is 4. The number of hydrogen-bond donors (Lipinski definition) is 1. The van der Waals surface area contributed by atoms with Crippen molar-refractivity contribution in [3.8, 4) is 11.4 Å². The molecule has 0 amide bonds. The summed E-state index contributed by atoms with van der Waals surface area (Å²) in [5.41, 5.74) is 6.76. The number of aromatic nitrogens is 4. The smallest absolute Gasteiger partial charge is 0.183 e. The molecule has 2 rings (SSSR count). The summed E-state index contributed by atoms with van der Waals surface area (Å²) in [5, 5.41) is 12.0. The lowest BCUT2D eigenvalue weighted by molar-refractivity contribution is 0.625. The normalized spacial score (nSPS) is 12.6. The Morgan fingerprint density at radius 2 is 2.16 bits per heavy atom. The monoisotopic (exact) mass is 319 g/mol. The van der Waals surface area contributed by atoms with Crippen LogP contribution in [-0.4, -0.2) is 36.4 Å². The molecule has 1 aromatic heterocycles. The van der Waals surface area contributed by atoms with Crippen LogP contribution >= 0.6 is 23.2 Å². The van der Waals surface area contributed by atoms with E-state index >= 15 is 0 Å². The van der Waals surface area contributed by atoms with Crippen molar-refractivity contribution in [1.82, 2.24) is 20.2 Å². The molecular weight excluding hydrogens is 309 g/mol. The second-order valence-corrected chi connectivity index (χ2v) is 6.21. The Balaban J connectivity index is 2.42. The first-order chi connectivity index (χ1) is 8.99. The highest BCUT2D eigenvalue weighted by molar-refractivity contribution is 7.84. The largest absolute Gasteiger partial charge is 0.399 e. The number of anilines is 1. The molecule has 0 saturated carbocycles. The zero-order chi connectivity index (χ0) is 14.0. The molecule has 6 nitrogen and oxygen atoms in total. The fourth-order valence-corrected chi connectivity index (χ4v) is 2.39. The first-order valence-corrected chi connectivity index (χ1v) is 7.78. The van der Waals surface area contributed by atoms with Gasteiger partial charge in [0.25, 0.3) is 0 Å². The van der Waals surface area contributed by atoms with Gasteiger partial charge < -0.3 is 5.73 Å². The van der Waals surface area contributed by atoms with Gasteiger partial charge in [-0.25, -0.2) is 4.68 Å². The number of rotatable bonds is 4. The summed E-state index contributed by atoms with van der Waals surface area (Å²) in [6.07, 6.45) is 1.62. The van der Waals surface area contributed by atoms with Crippen molar-refractivity contribution in [3.05, 3.63) is 22.2 Å². The molecule has 0 fully saturated rings. The van der Waals surface area contributed by atoms with Gasteiger partial charge >= 0.3 is 0 Å². The molecule has 1 atom stereocenters. The van der Waals surface area contributed by atoms with Crippen LogP contribution in [0.15, 0.2) is 12.1 Å². The van der Waals surface area contributed by atoms with E-state index in [-0.39, 0.29) is 0 Å². The number of benzene rings is 1. The van der Waals surface area contributed by atoms with Gasteiger partial charge in [-0.3, -0.25) is 4.21 Å². The Morgan fingerprint density at radius 1 is 1.42 bits per heavy atom. The van der Waals surface area contributed by atoms with Crippen molar-refractivity contribution >= 4 is 39.7 Å². The Hall–Kier alpha value is -1.18. The molecule has 0 aliphatic heterocycles. The minimum atomic E-state index is -0.929. The average molecular weight is 320 g/mol. The number of halogens is 2. The van der Waals surface area contributed by atoms with Gasteiger partial charge in [-0.05, 0) is 22.6 Å². The summed E-state index contributed by atoms with van der Waals surface area (Å²) in [6.45, 7) is 0.425. The molecule has 0 bridgehead atoms. The Kier molecular flexibility index (Phi) is 4.38. The van der Waals surface area contributed by atoms with Crippen LogP contribution in [0.2, 0.25) is 10.0 Å². The highest BCUT2D eigenvalue weighted by Crippen LogP contribution is 2.34. The van der Waals surface area contributed by atoms with E-state index in [1.165, 1.54) is 4.68 Å². The van der Waals surface area contributed by atoms with Gasteiger partial charge in [0.2, 0.25) is 0 Å². The van der Waals surface area contributed by atoms with Gasteiger partial charge in [0, 0.05) is 34.1 Å². The maximum Gasteiger partial charge on any atom is 0.183 e. The molecule has 1 heterocycles. The first kappa shape index (κ1) is 14.2. The third-order valence-electron chi connectivity index (χ3n) is 2.41. The van der Waals surface area contributed by atoms with E-state index in [9.17, 15) is 4.21 Å². The van der Waals surface area contributed by atoms with E-state index in [0.717, 1.165) is 0 Å². The van der Waals surface area contributed by atoms with E-state index in [4.69, 9.17) is 28.9 Å². The Bertz CT molecular complexity index is 630. The van der Waals surface area contributed by atoms with Crippen molar-refractivity contribution in [2.45, 2.75) is 6.54 Å². The van der Waals surface area contributed by atoms with Gasteiger partial charge in [0.1, 0.15) is 0 Å². The van der Waals surface area contributed by atoms with Crippen LogP contribution in [0, 0.1) is 0 Å². The van der Waals surface area contributed by atoms with Crippen LogP contribution in [0.1, 0.15) is 0 Å². The third-order valence-corrected chi connectivity index (χ3v) is 3.97. The number of nitrogen functional groups attached to an aromatic ring is 1. The van der Waals surface area contributed by atoms with E-state index < -0.39 is 10.8 Å². The lowest BCUT2D eigenvalue weighted by Gasteiger charge is -2.07. The van der Waals surface area contributed by atoms with E-state index in [1.54, 1.807) is 18.4 Å². The fraction of sp³-hybridized carbons (Fsp3) is 0.300. The average Bonchev–Trinajstić information content (AvgIpc) is 2.79. The fourth-order valence-electron chi connectivity index (χ4n) is 1.54. The minimum absolute atomic E-state index is 0.338. The van der Waals surface area contributed by atoms with Crippen LogP contribution in [-0.2, 0) is 17.3 Å². The van der Waals surface area contributed by atoms with Crippen molar-refractivity contribution in [3.63, 3.8) is 0 Å². The number of hydrogen-bond acceptors (Lipinski definition) is 5. The lowest BCUT2D eigenvalue weighted by atomic mass is 10.2. The zero-order valence-electron chi connectivity index (χ0n) is 10.0. The maximum absolute atomic E-state index is 11.1. The van der Waals surface area contributed by atoms with Gasteiger partial charge in [-0.1, -0.05) is 23.2 Å². The predicted molar refractivity (Wildman–Crippen MR) is 76.6 cm³/mol. The van der Waals surface area contributed by atoms with Crippen LogP contribution in [0.5, 0.6) is 0 Å². The molecule has 0 saturated heterocycles. The van der Waals surface area contributed by atoms with Crippen LogP contribution < -0.4 is 5.73 Å². The predicted octanol–water partition coefficient (Wildman–Crippen LogP) is 1.61. The van der Waals surface area contributed by atoms with Crippen molar-refractivity contribution in [1.29, 1.82) is 0 Å². The van der Waals surface area contributed by atoms with Crippen LogP contribution in [0.3, 0.4) is 0 Å². The molecule has 2 N–H and O–H groups in total.